The van der Waals surface area contributed by atoms with Crippen molar-refractivity contribution < 1.29 is 0 Å². The van der Waals surface area contributed by atoms with E-state index in [0.29, 0.717) is 0 Å². The predicted octanol–water partition coefficient (Wildman–Crippen LogP) is 16.5. The largest absolute Gasteiger partial charge is 0.135 e. The van der Waals surface area contributed by atoms with Gasteiger partial charge in [0, 0.05) is 20.2 Å². The van der Waals surface area contributed by atoms with E-state index >= 15 is 0 Å². The minimum absolute atomic E-state index is 1.24. The highest BCUT2D eigenvalue weighted by atomic mass is 32.1. The molecule has 12 aromatic rings. The maximum atomic E-state index is 2.36. The molecule has 1 heterocycles. The Labute approximate surface area is 334 Å². The van der Waals surface area contributed by atoms with Crippen LogP contribution in [0.4, 0.5) is 0 Å². The van der Waals surface area contributed by atoms with Crippen LogP contribution in [0.3, 0.4) is 0 Å². The molecule has 11 aromatic carbocycles. The Morgan fingerprint density at radius 1 is 0.246 bits per heavy atom. The maximum Gasteiger partial charge on any atom is 0.0361 e. The second-order valence-corrected chi connectivity index (χ2v) is 16.2. The SMILES string of the molecule is c1ccc(-c2c3ccccc3c(-c3cccc4sc5cccc(-c6c7ccccc7c(-c7ccc8ccccc8c7)c7ccccc67)c5c34)c3ccccc23)cc1. The van der Waals surface area contributed by atoms with Crippen LogP contribution in [0.1, 0.15) is 0 Å². The summed E-state index contributed by atoms with van der Waals surface area (Å²) in [6.45, 7) is 0. The summed E-state index contributed by atoms with van der Waals surface area (Å²) >= 11 is 1.90. The Morgan fingerprint density at radius 2 is 0.632 bits per heavy atom. The summed E-state index contributed by atoms with van der Waals surface area (Å²) in [5.41, 5.74) is 10.2. The van der Waals surface area contributed by atoms with Crippen molar-refractivity contribution in [1.29, 1.82) is 0 Å². The minimum atomic E-state index is 1.24. The molecule has 1 heteroatoms. The summed E-state index contributed by atoms with van der Waals surface area (Å²) in [4.78, 5) is 0. The summed E-state index contributed by atoms with van der Waals surface area (Å²) < 4.78 is 2.60. The highest BCUT2D eigenvalue weighted by Gasteiger charge is 2.23. The second-order valence-electron chi connectivity index (χ2n) is 15.1. The third-order valence-corrected chi connectivity index (χ3v) is 13.1. The molecule has 0 aliphatic rings. The Hall–Kier alpha value is -7.06. The van der Waals surface area contributed by atoms with Gasteiger partial charge in [-0.15, -0.1) is 11.3 Å². The van der Waals surface area contributed by atoms with Crippen LogP contribution in [0.15, 0.2) is 206 Å². The second kappa shape index (κ2) is 12.7. The van der Waals surface area contributed by atoms with Gasteiger partial charge in [0.05, 0.1) is 0 Å². The van der Waals surface area contributed by atoms with Crippen molar-refractivity contribution in [2.75, 3.05) is 0 Å². The molecule has 0 fully saturated rings. The van der Waals surface area contributed by atoms with Crippen LogP contribution < -0.4 is 0 Å². The first kappa shape index (κ1) is 32.2. The smallest absolute Gasteiger partial charge is 0.0361 e. The molecule has 0 N–H and O–H groups in total. The standard InChI is InChI=1S/C56H34S/c1-2-17-36(18-3-1)51-39-20-6-10-24-43(39)53(44-25-11-7-21-40(44)51)47-28-14-30-49-55(47)56-48(29-15-31-50(56)57-49)54-45-26-12-8-22-41(45)52(42-23-9-13-27-46(42)54)38-33-32-35-16-4-5-19-37(35)34-38/h1-34H. The van der Waals surface area contributed by atoms with Crippen molar-refractivity contribution in [1.82, 2.24) is 0 Å². The van der Waals surface area contributed by atoms with Gasteiger partial charge in [0.15, 0.2) is 0 Å². The fourth-order valence-electron chi connectivity index (χ4n) is 9.69. The average molecular weight is 739 g/mol. The number of benzene rings is 11. The van der Waals surface area contributed by atoms with Crippen molar-refractivity contribution in [3.63, 3.8) is 0 Å². The Morgan fingerprint density at radius 3 is 1.11 bits per heavy atom. The van der Waals surface area contributed by atoms with E-state index in [2.05, 4.69) is 206 Å². The van der Waals surface area contributed by atoms with E-state index in [0.717, 1.165) is 0 Å². The lowest BCUT2D eigenvalue weighted by Gasteiger charge is -2.20. The molecule has 264 valence electrons. The molecule has 0 unspecified atom stereocenters. The normalized spacial score (nSPS) is 11.9. The molecule has 0 spiro atoms. The summed E-state index contributed by atoms with van der Waals surface area (Å²) in [6.07, 6.45) is 0. The molecule has 57 heavy (non-hydrogen) atoms. The molecular formula is C56H34S. The summed E-state index contributed by atoms with van der Waals surface area (Å²) in [6, 6.07) is 76.5. The van der Waals surface area contributed by atoms with E-state index in [1.807, 2.05) is 11.3 Å². The van der Waals surface area contributed by atoms with Crippen LogP contribution in [0.2, 0.25) is 0 Å². The topological polar surface area (TPSA) is 0 Å². The summed E-state index contributed by atoms with van der Waals surface area (Å²) in [5.74, 6) is 0. The van der Waals surface area contributed by atoms with Gasteiger partial charge in [0.25, 0.3) is 0 Å². The van der Waals surface area contributed by atoms with E-state index < -0.39 is 0 Å². The molecule has 0 nitrogen and oxygen atoms in total. The van der Waals surface area contributed by atoms with Gasteiger partial charge in [0.2, 0.25) is 0 Å². The van der Waals surface area contributed by atoms with E-state index in [-0.39, 0.29) is 0 Å². The maximum absolute atomic E-state index is 2.36. The number of hydrogen-bond donors (Lipinski definition) is 0. The molecule has 0 aliphatic carbocycles. The molecule has 0 saturated heterocycles. The monoisotopic (exact) mass is 738 g/mol. The highest BCUT2D eigenvalue weighted by molar-refractivity contribution is 7.26. The van der Waals surface area contributed by atoms with E-state index in [4.69, 9.17) is 0 Å². The molecule has 0 atom stereocenters. The van der Waals surface area contributed by atoms with Crippen molar-refractivity contribution in [2.24, 2.45) is 0 Å². The number of fused-ring (bicyclic) bond motifs is 8. The van der Waals surface area contributed by atoms with Gasteiger partial charge in [-0.1, -0.05) is 188 Å². The van der Waals surface area contributed by atoms with Crippen LogP contribution in [-0.2, 0) is 0 Å². The fourth-order valence-corrected chi connectivity index (χ4v) is 10.9. The van der Waals surface area contributed by atoms with Gasteiger partial charge in [-0.25, -0.2) is 0 Å². The fraction of sp³-hybridized carbons (Fsp3) is 0. The molecule has 0 saturated carbocycles. The van der Waals surface area contributed by atoms with Crippen molar-refractivity contribution in [2.45, 2.75) is 0 Å². The third-order valence-electron chi connectivity index (χ3n) is 12.0. The van der Waals surface area contributed by atoms with Crippen LogP contribution in [0.25, 0.3) is 119 Å². The first-order valence-electron chi connectivity index (χ1n) is 19.7. The average Bonchev–Trinajstić information content (AvgIpc) is 3.67. The number of thiophene rings is 1. The van der Waals surface area contributed by atoms with Gasteiger partial charge in [-0.3, -0.25) is 0 Å². The third kappa shape index (κ3) is 4.86. The van der Waals surface area contributed by atoms with Crippen molar-refractivity contribution in [3.05, 3.63) is 206 Å². The number of rotatable bonds is 4. The van der Waals surface area contributed by atoms with Gasteiger partial charge in [-0.2, -0.15) is 0 Å². The van der Waals surface area contributed by atoms with Crippen LogP contribution >= 0.6 is 11.3 Å². The van der Waals surface area contributed by atoms with Gasteiger partial charge in [0.1, 0.15) is 0 Å². The van der Waals surface area contributed by atoms with E-state index in [1.165, 1.54) is 119 Å². The zero-order valence-corrected chi connectivity index (χ0v) is 31.9. The van der Waals surface area contributed by atoms with Crippen molar-refractivity contribution in [3.8, 4) is 44.5 Å². The van der Waals surface area contributed by atoms with Crippen LogP contribution in [0, 0.1) is 0 Å². The summed E-state index contributed by atoms with van der Waals surface area (Å²) in [5, 5.41) is 15.3. The zero-order chi connectivity index (χ0) is 37.5. The lowest BCUT2D eigenvalue weighted by Crippen LogP contribution is -1.92. The zero-order valence-electron chi connectivity index (χ0n) is 31.0. The van der Waals surface area contributed by atoms with Gasteiger partial charge in [-0.05, 0) is 117 Å². The molecule has 12 rings (SSSR count). The molecule has 1 aromatic heterocycles. The Bertz CT molecular complexity index is 3460. The Kier molecular flexibility index (Phi) is 7.20. The summed E-state index contributed by atoms with van der Waals surface area (Å²) in [7, 11) is 0. The molecule has 0 bridgehead atoms. The molecule has 0 radical (unpaired) electrons. The first-order chi connectivity index (χ1) is 28.3. The van der Waals surface area contributed by atoms with Crippen LogP contribution in [0.5, 0.6) is 0 Å². The lowest BCUT2D eigenvalue weighted by atomic mass is 9.83. The Balaban J connectivity index is 1.20. The molecule has 0 amide bonds. The number of hydrogen-bond acceptors (Lipinski definition) is 1. The van der Waals surface area contributed by atoms with E-state index in [1.54, 1.807) is 0 Å². The molecule has 0 aliphatic heterocycles. The van der Waals surface area contributed by atoms with Gasteiger partial charge < -0.3 is 0 Å². The highest BCUT2D eigenvalue weighted by Crippen LogP contribution is 2.52. The lowest BCUT2D eigenvalue weighted by molar-refractivity contribution is 1.67. The minimum Gasteiger partial charge on any atom is -0.135 e. The van der Waals surface area contributed by atoms with E-state index in [9.17, 15) is 0 Å². The van der Waals surface area contributed by atoms with Crippen LogP contribution in [-0.4, -0.2) is 0 Å². The van der Waals surface area contributed by atoms with Crippen molar-refractivity contribution >= 4 is 85.4 Å². The first-order valence-corrected chi connectivity index (χ1v) is 20.5. The van der Waals surface area contributed by atoms with Gasteiger partial charge >= 0.3 is 0 Å². The quantitative estimate of drug-likeness (QED) is 0.158. The molecular weight excluding hydrogens is 705 g/mol. The predicted molar refractivity (Wildman–Crippen MR) is 249 cm³/mol.